The quantitative estimate of drug-likeness (QED) is 0.705. The van der Waals surface area contributed by atoms with Crippen LogP contribution in [-0.4, -0.2) is 13.2 Å². The van der Waals surface area contributed by atoms with Crippen molar-refractivity contribution >= 4 is 31.9 Å². The molecule has 2 aromatic rings. The highest BCUT2D eigenvalue weighted by molar-refractivity contribution is 9.11. The van der Waals surface area contributed by atoms with Crippen LogP contribution in [0.3, 0.4) is 0 Å². The lowest BCUT2D eigenvalue weighted by molar-refractivity contribution is 0.171. The van der Waals surface area contributed by atoms with Crippen molar-refractivity contribution in [3.8, 4) is 11.5 Å². The highest BCUT2D eigenvalue weighted by Gasteiger charge is 2.21. The molecule has 0 saturated heterocycles. The van der Waals surface area contributed by atoms with Gasteiger partial charge in [-0.25, -0.2) is 0 Å². The van der Waals surface area contributed by atoms with E-state index in [0.29, 0.717) is 13.2 Å². The van der Waals surface area contributed by atoms with Crippen LogP contribution in [0.15, 0.2) is 33.2 Å². The van der Waals surface area contributed by atoms with E-state index in [1.165, 1.54) is 0 Å². The minimum absolute atomic E-state index is 0.0219. The molecule has 0 fully saturated rings. The molecule has 3 nitrogen and oxygen atoms in total. The number of halogens is 2. The zero-order valence-corrected chi connectivity index (χ0v) is 13.5. The lowest BCUT2D eigenvalue weighted by atomic mass is 10.1. The molecular weight excluding hydrogens is 376 g/mol. The van der Waals surface area contributed by atoms with Crippen molar-refractivity contribution in [1.29, 1.82) is 0 Å². The van der Waals surface area contributed by atoms with Crippen molar-refractivity contribution in [1.82, 2.24) is 0 Å². The summed E-state index contributed by atoms with van der Waals surface area (Å²) < 4.78 is 17.8. The lowest BCUT2D eigenvalue weighted by Crippen LogP contribution is -2.15. The van der Waals surface area contributed by atoms with E-state index in [9.17, 15) is 0 Å². The fraction of sp³-hybridized carbons (Fsp3) is 0.286. The first-order valence-corrected chi connectivity index (χ1v) is 7.65. The standard InChI is InChI=1S/C14H12Br2O3/c1-8-2-3-11(19-8)14(16)9-6-12-13(7-10(9)15)18-5-4-17-12/h2-3,6-7,14H,4-5H2,1H3. The van der Waals surface area contributed by atoms with Crippen LogP contribution < -0.4 is 9.47 Å². The molecule has 0 N–H and O–H groups in total. The Balaban J connectivity index is 2.00. The number of hydrogen-bond donors (Lipinski definition) is 0. The van der Waals surface area contributed by atoms with Crippen LogP contribution in [0.4, 0.5) is 0 Å². The number of rotatable bonds is 2. The molecule has 0 aliphatic carbocycles. The number of aryl methyl sites for hydroxylation is 1. The Kier molecular flexibility index (Phi) is 3.58. The smallest absolute Gasteiger partial charge is 0.162 e. The number of benzene rings is 1. The number of ether oxygens (including phenoxy) is 2. The van der Waals surface area contributed by atoms with E-state index in [2.05, 4.69) is 31.9 Å². The highest BCUT2D eigenvalue weighted by Crippen LogP contribution is 2.42. The topological polar surface area (TPSA) is 31.6 Å². The molecule has 100 valence electrons. The van der Waals surface area contributed by atoms with Crippen molar-refractivity contribution in [3.63, 3.8) is 0 Å². The van der Waals surface area contributed by atoms with Gasteiger partial charge in [0.25, 0.3) is 0 Å². The number of fused-ring (bicyclic) bond motifs is 1. The molecule has 1 aromatic carbocycles. The Hall–Kier alpha value is -0.940. The average Bonchev–Trinajstić information content (AvgIpc) is 2.84. The molecule has 0 radical (unpaired) electrons. The van der Waals surface area contributed by atoms with Crippen LogP contribution in [0, 0.1) is 6.92 Å². The van der Waals surface area contributed by atoms with Gasteiger partial charge in [0.15, 0.2) is 11.5 Å². The van der Waals surface area contributed by atoms with Gasteiger partial charge in [-0.05, 0) is 36.8 Å². The Morgan fingerprint density at radius 3 is 2.42 bits per heavy atom. The molecule has 0 spiro atoms. The van der Waals surface area contributed by atoms with Gasteiger partial charge in [-0.2, -0.15) is 0 Å². The van der Waals surface area contributed by atoms with Gasteiger partial charge >= 0.3 is 0 Å². The minimum Gasteiger partial charge on any atom is -0.486 e. The zero-order chi connectivity index (χ0) is 13.4. The van der Waals surface area contributed by atoms with Crippen LogP contribution in [0.1, 0.15) is 21.9 Å². The van der Waals surface area contributed by atoms with Crippen LogP contribution in [0.25, 0.3) is 0 Å². The third-order valence-electron chi connectivity index (χ3n) is 2.95. The van der Waals surface area contributed by atoms with Crippen LogP contribution in [-0.2, 0) is 0 Å². The van der Waals surface area contributed by atoms with E-state index in [1.807, 2.05) is 31.2 Å². The molecule has 3 rings (SSSR count). The van der Waals surface area contributed by atoms with Crippen molar-refractivity contribution in [2.24, 2.45) is 0 Å². The molecule has 1 aliphatic heterocycles. The van der Waals surface area contributed by atoms with Gasteiger partial charge in [0.2, 0.25) is 0 Å². The third kappa shape index (κ3) is 2.54. The molecule has 5 heteroatoms. The van der Waals surface area contributed by atoms with E-state index in [4.69, 9.17) is 13.9 Å². The summed E-state index contributed by atoms with van der Waals surface area (Å²) in [6.45, 7) is 3.11. The number of hydrogen-bond acceptors (Lipinski definition) is 3. The van der Waals surface area contributed by atoms with Gasteiger partial charge in [-0.3, -0.25) is 0 Å². The monoisotopic (exact) mass is 386 g/mol. The summed E-state index contributed by atoms with van der Waals surface area (Å²) in [7, 11) is 0. The number of furan rings is 1. The fourth-order valence-electron chi connectivity index (χ4n) is 2.02. The second-order valence-electron chi connectivity index (χ2n) is 4.33. The third-order valence-corrected chi connectivity index (χ3v) is 4.58. The Morgan fingerprint density at radius 1 is 1.11 bits per heavy atom. The Labute approximate surface area is 128 Å². The van der Waals surface area contributed by atoms with E-state index >= 15 is 0 Å². The maximum absolute atomic E-state index is 5.66. The van der Waals surface area contributed by atoms with E-state index in [-0.39, 0.29) is 4.83 Å². The maximum atomic E-state index is 5.66. The predicted molar refractivity (Wildman–Crippen MR) is 79.3 cm³/mol. The summed E-state index contributed by atoms with van der Waals surface area (Å²) in [4.78, 5) is -0.0219. The van der Waals surface area contributed by atoms with Crippen molar-refractivity contribution in [2.75, 3.05) is 13.2 Å². The normalized spacial score (nSPS) is 15.3. The summed E-state index contributed by atoms with van der Waals surface area (Å²) in [6, 6.07) is 7.84. The van der Waals surface area contributed by atoms with Gasteiger partial charge in [-0.1, -0.05) is 31.9 Å². The summed E-state index contributed by atoms with van der Waals surface area (Å²) in [6.07, 6.45) is 0. The van der Waals surface area contributed by atoms with Crippen molar-refractivity contribution < 1.29 is 13.9 Å². The van der Waals surface area contributed by atoms with Crippen LogP contribution in [0.2, 0.25) is 0 Å². The van der Waals surface area contributed by atoms with Crippen molar-refractivity contribution in [2.45, 2.75) is 11.8 Å². The molecule has 19 heavy (non-hydrogen) atoms. The number of alkyl halides is 1. The lowest BCUT2D eigenvalue weighted by Gasteiger charge is -2.21. The zero-order valence-electron chi connectivity index (χ0n) is 10.3. The summed E-state index contributed by atoms with van der Waals surface area (Å²) in [5.74, 6) is 3.32. The summed E-state index contributed by atoms with van der Waals surface area (Å²) in [5, 5.41) is 0. The molecular formula is C14H12Br2O3. The van der Waals surface area contributed by atoms with Crippen LogP contribution >= 0.6 is 31.9 Å². The molecule has 2 heterocycles. The highest BCUT2D eigenvalue weighted by atomic mass is 79.9. The molecule has 0 saturated carbocycles. The van der Waals surface area contributed by atoms with Gasteiger partial charge < -0.3 is 13.9 Å². The first-order chi connectivity index (χ1) is 9.15. The first kappa shape index (κ1) is 13.1. The second-order valence-corrected chi connectivity index (χ2v) is 6.10. The molecule has 1 aromatic heterocycles. The Bertz CT molecular complexity index is 607. The second kappa shape index (κ2) is 5.21. The molecule has 0 bridgehead atoms. The molecule has 1 atom stereocenters. The van der Waals surface area contributed by atoms with Gasteiger partial charge in [0, 0.05) is 4.47 Å². The van der Waals surface area contributed by atoms with Crippen LogP contribution in [0.5, 0.6) is 11.5 Å². The first-order valence-electron chi connectivity index (χ1n) is 5.94. The minimum atomic E-state index is -0.0219. The average molecular weight is 388 g/mol. The van der Waals surface area contributed by atoms with E-state index in [0.717, 1.165) is 33.1 Å². The molecule has 1 unspecified atom stereocenters. The van der Waals surface area contributed by atoms with Gasteiger partial charge in [-0.15, -0.1) is 0 Å². The van der Waals surface area contributed by atoms with Gasteiger partial charge in [0.1, 0.15) is 24.7 Å². The Morgan fingerprint density at radius 2 is 1.79 bits per heavy atom. The SMILES string of the molecule is Cc1ccc(C(Br)c2cc3c(cc2Br)OCCO3)o1. The molecule has 1 aliphatic rings. The van der Waals surface area contributed by atoms with E-state index in [1.54, 1.807) is 0 Å². The maximum Gasteiger partial charge on any atom is 0.162 e. The van der Waals surface area contributed by atoms with Gasteiger partial charge in [0.05, 0.1) is 4.83 Å². The summed E-state index contributed by atoms with van der Waals surface area (Å²) >= 11 is 7.24. The summed E-state index contributed by atoms with van der Waals surface area (Å²) in [5.41, 5.74) is 1.05. The van der Waals surface area contributed by atoms with Crippen molar-refractivity contribution in [3.05, 3.63) is 45.8 Å². The largest absolute Gasteiger partial charge is 0.486 e. The van der Waals surface area contributed by atoms with E-state index < -0.39 is 0 Å². The predicted octanol–water partition coefficient (Wildman–Crippen LogP) is 4.61. The fourth-order valence-corrected chi connectivity index (χ4v) is 3.50. The molecule has 0 amide bonds.